The molecule has 0 saturated heterocycles. The lowest BCUT2D eigenvalue weighted by Gasteiger charge is -2.10. The Bertz CT molecular complexity index is 818. The van der Waals surface area contributed by atoms with Crippen molar-refractivity contribution in [3.63, 3.8) is 0 Å². The van der Waals surface area contributed by atoms with E-state index in [1.807, 2.05) is 31.2 Å². The summed E-state index contributed by atoms with van der Waals surface area (Å²) in [6, 6.07) is 11.1. The molecular weight excluding hydrogens is 299 g/mol. The van der Waals surface area contributed by atoms with Gasteiger partial charge in [-0.15, -0.1) is 0 Å². The van der Waals surface area contributed by atoms with E-state index in [1.54, 1.807) is 0 Å². The number of nitrogens with one attached hydrogen (secondary N) is 1. The molecule has 21 heavy (non-hydrogen) atoms. The minimum absolute atomic E-state index is 0.0902. The van der Waals surface area contributed by atoms with Gasteiger partial charge in [-0.1, -0.05) is 29.8 Å². The Labute approximate surface area is 124 Å². The fourth-order valence-electron chi connectivity index (χ4n) is 2.37. The second-order valence-electron chi connectivity index (χ2n) is 4.95. The quantitative estimate of drug-likeness (QED) is 0.583. The van der Waals surface area contributed by atoms with Gasteiger partial charge in [-0.2, -0.15) is 13.2 Å². The van der Waals surface area contributed by atoms with Crippen LogP contribution in [0.5, 0.6) is 0 Å². The van der Waals surface area contributed by atoms with Crippen LogP contribution in [-0.4, -0.2) is 4.98 Å². The Balaban J connectivity index is 2.09. The van der Waals surface area contributed by atoms with Crippen LogP contribution in [0.4, 0.5) is 13.2 Å². The Morgan fingerprint density at radius 1 is 1.00 bits per heavy atom. The van der Waals surface area contributed by atoms with Crippen LogP contribution in [0.25, 0.3) is 22.0 Å². The number of H-pyrrole nitrogens is 1. The van der Waals surface area contributed by atoms with E-state index >= 15 is 0 Å². The third-order valence-corrected chi connectivity index (χ3v) is 3.68. The number of alkyl halides is 3. The summed E-state index contributed by atoms with van der Waals surface area (Å²) in [6.45, 7) is 1.95. The van der Waals surface area contributed by atoms with Gasteiger partial charge in [-0.05, 0) is 42.1 Å². The van der Waals surface area contributed by atoms with Gasteiger partial charge in [0.1, 0.15) is 0 Å². The van der Waals surface area contributed by atoms with Crippen molar-refractivity contribution < 1.29 is 13.2 Å². The van der Waals surface area contributed by atoms with Crippen LogP contribution in [-0.2, 0) is 6.18 Å². The van der Waals surface area contributed by atoms with Gasteiger partial charge < -0.3 is 4.98 Å². The zero-order valence-electron chi connectivity index (χ0n) is 11.1. The van der Waals surface area contributed by atoms with Crippen molar-refractivity contribution in [1.82, 2.24) is 4.98 Å². The highest BCUT2D eigenvalue weighted by molar-refractivity contribution is 6.33. The smallest absolute Gasteiger partial charge is 0.359 e. The van der Waals surface area contributed by atoms with E-state index in [1.165, 1.54) is 6.07 Å². The molecule has 3 aromatic rings. The normalized spacial score (nSPS) is 12.0. The van der Waals surface area contributed by atoms with Crippen LogP contribution >= 0.6 is 11.6 Å². The summed E-state index contributed by atoms with van der Waals surface area (Å²) >= 11 is 6.02. The Hall–Kier alpha value is -1.94. The first-order chi connectivity index (χ1) is 9.84. The zero-order valence-corrected chi connectivity index (χ0v) is 11.8. The predicted octanol–water partition coefficient (Wildman–Crippen LogP) is 5.82. The fraction of sp³-hybridized carbons (Fsp3) is 0.125. The SMILES string of the molecule is Cc1cc2ccc(-c3ccc(C(F)(F)F)cc3Cl)cc2[nH]1. The van der Waals surface area contributed by atoms with E-state index in [2.05, 4.69) is 4.98 Å². The summed E-state index contributed by atoms with van der Waals surface area (Å²) in [5.74, 6) is 0. The molecule has 108 valence electrons. The number of aryl methyl sites for hydroxylation is 1. The summed E-state index contributed by atoms with van der Waals surface area (Å²) in [6.07, 6.45) is -4.39. The van der Waals surface area contributed by atoms with E-state index in [0.29, 0.717) is 5.56 Å². The first-order valence-corrected chi connectivity index (χ1v) is 6.69. The fourth-order valence-corrected chi connectivity index (χ4v) is 2.65. The molecule has 0 radical (unpaired) electrons. The van der Waals surface area contributed by atoms with Gasteiger partial charge in [0.05, 0.1) is 5.56 Å². The van der Waals surface area contributed by atoms with Crippen LogP contribution in [0.3, 0.4) is 0 Å². The van der Waals surface area contributed by atoms with E-state index < -0.39 is 11.7 Å². The molecule has 5 heteroatoms. The molecule has 3 rings (SSSR count). The summed E-state index contributed by atoms with van der Waals surface area (Å²) in [7, 11) is 0. The van der Waals surface area contributed by atoms with Gasteiger partial charge in [-0.25, -0.2) is 0 Å². The van der Waals surface area contributed by atoms with Crippen LogP contribution in [0.15, 0.2) is 42.5 Å². The number of benzene rings is 2. The van der Waals surface area contributed by atoms with Crippen molar-refractivity contribution in [3.05, 3.63) is 58.7 Å². The molecule has 0 saturated carbocycles. The van der Waals surface area contributed by atoms with Crippen molar-refractivity contribution in [2.24, 2.45) is 0 Å². The van der Waals surface area contributed by atoms with Crippen LogP contribution < -0.4 is 0 Å². The van der Waals surface area contributed by atoms with Crippen LogP contribution in [0.1, 0.15) is 11.3 Å². The average Bonchev–Trinajstić information content (AvgIpc) is 2.76. The molecule has 0 aliphatic heterocycles. The number of hydrogen-bond donors (Lipinski definition) is 1. The Morgan fingerprint density at radius 3 is 2.43 bits per heavy atom. The second-order valence-corrected chi connectivity index (χ2v) is 5.35. The van der Waals surface area contributed by atoms with Crippen molar-refractivity contribution in [1.29, 1.82) is 0 Å². The Morgan fingerprint density at radius 2 is 1.76 bits per heavy atom. The summed E-state index contributed by atoms with van der Waals surface area (Å²) in [4.78, 5) is 3.20. The van der Waals surface area contributed by atoms with Gasteiger partial charge in [0.15, 0.2) is 0 Å². The first-order valence-electron chi connectivity index (χ1n) is 6.31. The number of hydrogen-bond acceptors (Lipinski definition) is 0. The second kappa shape index (κ2) is 4.81. The van der Waals surface area contributed by atoms with Gasteiger partial charge in [-0.3, -0.25) is 0 Å². The number of aromatic amines is 1. The topological polar surface area (TPSA) is 15.8 Å². The van der Waals surface area contributed by atoms with E-state index in [4.69, 9.17) is 11.6 Å². The predicted molar refractivity (Wildman–Crippen MR) is 78.5 cm³/mol. The molecule has 1 aromatic heterocycles. The van der Waals surface area contributed by atoms with E-state index in [9.17, 15) is 13.2 Å². The van der Waals surface area contributed by atoms with Gasteiger partial charge in [0.2, 0.25) is 0 Å². The maximum atomic E-state index is 12.6. The molecule has 0 spiro atoms. The molecule has 1 heterocycles. The molecule has 1 N–H and O–H groups in total. The minimum atomic E-state index is -4.39. The minimum Gasteiger partial charge on any atom is -0.359 e. The maximum absolute atomic E-state index is 12.6. The molecular formula is C16H11ClF3N. The lowest BCUT2D eigenvalue weighted by Crippen LogP contribution is -2.04. The van der Waals surface area contributed by atoms with Crippen LogP contribution in [0, 0.1) is 6.92 Å². The molecule has 0 bridgehead atoms. The number of halogens is 4. The van der Waals surface area contributed by atoms with E-state index in [-0.39, 0.29) is 5.02 Å². The summed E-state index contributed by atoms with van der Waals surface area (Å²) < 4.78 is 37.9. The third kappa shape index (κ3) is 2.63. The Kier molecular flexibility index (Phi) is 3.21. The molecule has 0 atom stereocenters. The van der Waals surface area contributed by atoms with Gasteiger partial charge in [0.25, 0.3) is 0 Å². The van der Waals surface area contributed by atoms with Crippen molar-refractivity contribution in [2.45, 2.75) is 13.1 Å². The van der Waals surface area contributed by atoms with Crippen LogP contribution in [0.2, 0.25) is 5.02 Å². The van der Waals surface area contributed by atoms with Gasteiger partial charge >= 0.3 is 6.18 Å². The van der Waals surface area contributed by atoms with Crippen molar-refractivity contribution in [2.75, 3.05) is 0 Å². The summed E-state index contributed by atoms with van der Waals surface area (Å²) in [5, 5.41) is 1.15. The maximum Gasteiger partial charge on any atom is 0.416 e. The van der Waals surface area contributed by atoms with Crippen molar-refractivity contribution in [3.8, 4) is 11.1 Å². The molecule has 0 amide bonds. The third-order valence-electron chi connectivity index (χ3n) is 3.36. The zero-order chi connectivity index (χ0) is 15.2. The first kappa shape index (κ1) is 14.0. The monoisotopic (exact) mass is 309 g/mol. The molecule has 0 aliphatic carbocycles. The molecule has 0 fully saturated rings. The molecule has 0 unspecified atom stereocenters. The highest BCUT2D eigenvalue weighted by Crippen LogP contribution is 2.36. The summed E-state index contributed by atoms with van der Waals surface area (Å²) in [5.41, 5.74) is 2.58. The van der Waals surface area contributed by atoms with Crippen molar-refractivity contribution >= 4 is 22.5 Å². The molecule has 2 aromatic carbocycles. The average molecular weight is 310 g/mol. The lowest BCUT2D eigenvalue weighted by molar-refractivity contribution is -0.137. The number of fused-ring (bicyclic) bond motifs is 1. The highest BCUT2D eigenvalue weighted by atomic mass is 35.5. The van der Waals surface area contributed by atoms with Gasteiger partial charge in [0, 0.05) is 21.8 Å². The largest absolute Gasteiger partial charge is 0.416 e. The molecule has 1 nitrogen and oxygen atoms in total. The number of rotatable bonds is 1. The standard InChI is InChI=1S/C16H11ClF3N/c1-9-6-11-3-2-10(7-15(11)21-9)13-5-4-12(8-14(13)17)16(18,19)20/h2-8,21H,1H3. The van der Waals surface area contributed by atoms with E-state index in [0.717, 1.165) is 34.3 Å². The highest BCUT2D eigenvalue weighted by Gasteiger charge is 2.30. The number of aromatic nitrogens is 1. The molecule has 0 aliphatic rings. The lowest BCUT2D eigenvalue weighted by atomic mass is 10.0.